The number of likely N-dealkylation sites (N-methyl/N-ethyl adjacent to an activating group) is 1. The lowest BCUT2D eigenvalue weighted by Gasteiger charge is -2.29. The highest BCUT2D eigenvalue weighted by molar-refractivity contribution is 5.65. The third-order valence-electron chi connectivity index (χ3n) is 6.48. The summed E-state index contributed by atoms with van der Waals surface area (Å²) in [6.07, 6.45) is 3.69. The summed E-state index contributed by atoms with van der Waals surface area (Å²) in [5.74, 6) is 1.67. The van der Waals surface area contributed by atoms with Gasteiger partial charge in [0.2, 0.25) is 0 Å². The number of hydrogen-bond donors (Lipinski definition) is 0. The standard InChI is InChI=1S/C26H30N10O/c1-19-16-22(30-34(19)11-10-32(2)3)23-17-25-28-24(18-26(36(25)31-23)33-12-14-37-15-13-33)35-9-7-21(29-35)20-6-4-5-8-27-20/h4-9,16-18H,10-15H2,1-3H3. The second kappa shape index (κ2) is 9.75. The average Bonchev–Trinajstić information content (AvgIpc) is 3.66. The van der Waals surface area contributed by atoms with Crippen molar-refractivity contribution in [1.29, 1.82) is 0 Å². The Bertz CT molecular complexity index is 1510. The van der Waals surface area contributed by atoms with Crippen LogP contribution in [0.1, 0.15) is 5.69 Å². The molecule has 1 saturated heterocycles. The molecular formula is C26H30N10O. The Labute approximate surface area is 214 Å². The van der Waals surface area contributed by atoms with Crippen LogP contribution < -0.4 is 4.90 Å². The van der Waals surface area contributed by atoms with Gasteiger partial charge in [-0.1, -0.05) is 6.07 Å². The molecule has 0 spiro atoms. The Kier molecular flexibility index (Phi) is 6.15. The van der Waals surface area contributed by atoms with Gasteiger partial charge in [0.05, 0.1) is 25.5 Å². The van der Waals surface area contributed by atoms with E-state index in [0.29, 0.717) is 13.2 Å². The molecule has 0 bridgehead atoms. The third kappa shape index (κ3) is 4.70. The maximum absolute atomic E-state index is 5.60. The molecule has 0 N–H and O–H groups in total. The van der Waals surface area contributed by atoms with Gasteiger partial charge < -0.3 is 14.5 Å². The summed E-state index contributed by atoms with van der Waals surface area (Å²) < 4.78 is 11.3. The highest BCUT2D eigenvalue weighted by atomic mass is 16.5. The van der Waals surface area contributed by atoms with Crippen LogP contribution in [0.5, 0.6) is 0 Å². The Balaban J connectivity index is 1.41. The van der Waals surface area contributed by atoms with E-state index in [1.54, 1.807) is 10.9 Å². The van der Waals surface area contributed by atoms with Crippen LogP contribution in [-0.2, 0) is 11.3 Å². The number of morpholine rings is 1. The van der Waals surface area contributed by atoms with E-state index in [0.717, 1.165) is 71.9 Å². The second-order valence-electron chi connectivity index (χ2n) is 9.43. The predicted molar refractivity (Wildman–Crippen MR) is 141 cm³/mol. The van der Waals surface area contributed by atoms with Gasteiger partial charge in [0.15, 0.2) is 11.5 Å². The van der Waals surface area contributed by atoms with E-state index in [2.05, 4.69) is 41.9 Å². The molecule has 0 saturated carbocycles. The molecule has 0 aliphatic carbocycles. The highest BCUT2D eigenvalue weighted by Crippen LogP contribution is 2.26. The smallest absolute Gasteiger partial charge is 0.160 e. The molecule has 0 amide bonds. The molecular weight excluding hydrogens is 468 g/mol. The van der Waals surface area contributed by atoms with Crippen molar-refractivity contribution in [1.82, 2.24) is 44.0 Å². The first-order valence-electron chi connectivity index (χ1n) is 12.5. The highest BCUT2D eigenvalue weighted by Gasteiger charge is 2.20. The first-order chi connectivity index (χ1) is 18.0. The van der Waals surface area contributed by atoms with E-state index in [-0.39, 0.29) is 0 Å². The van der Waals surface area contributed by atoms with Crippen molar-refractivity contribution >= 4 is 11.5 Å². The van der Waals surface area contributed by atoms with E-state index >= 15 is 0 Å². The lowest BCUT2D eigenvalue weighted by molar-refractivity contribution is 0.122. The summed E-state index contributed by atoms with van der Waals surface area (Å²) in [5.41, 5.74) is 5.10. The SMILES string of the molecule is Cc1cc(-c2cc3nc(-n4ccc(-c5ccccn5)n4)cc(N4CCOCC4)n3n2)nn1CCN(C)C. The maximum Gasteiger partial charge on any atom is 0.160 e. The minimum absolute atomic E-state index is 0.675. The number of ether oxygens (including phenoxy) is 1. The fourth-order valence-corrected chi connectivity index (χ4v) is 4.46. The normalized spacial score (nSPS) is 14.2. The molecule has 0 atom stereocenters. The number of nitrogens with zero attached hydrogens (tertiary/aromatic N) is 10. The van der Waals surface area contributed by atoms with Crippen molar-refractivity contribution in [3.63, 3.8) is 0 Å². The van der Waals surface area contributed by atoms with Crippen molar-refractivity contribution in [2.75, 3.05) is 51.8 Å². The van der Waals surface area contributed by atoms with Crippen LogP contribution in [0, 0.1) is 6.92 Å². The second-order valence-corrected chi connectivity index (χ2v) is 9.43. The summed E-state index contributed by atoms with van der Waals surface area (Å²) in [7, 11) is 4.13. The Morgan fingerprint density at radius 1 is 0.919 bits per heavy atom. The topological polar surface area (TPSA) is 94.4 Å². The van der Waals surface area contributed by atoms with Gasteiger partial charge in [-0.2, -0.15) is 19.8 Å². The molecule has 1 fully saturated rings. The molecule has 11 nitrogen and oxygen atoms in total. The van der Waals surface area contributed by atoms with Gasteiger partial charge in [0.25, 0.3) is 0 Å². The minimum atomic E-state index is 0.675. The number of aryl methyl sites for hydroxylation is 1. The molecule has 1 aliphatic rings. The molecule has 37 heavy (non-hydrogen) atoms. The third-order valence-corrected chi connectivity index (χ3v) is 6.48. The van der Waals surface area contributed by atoms with Gasteiger partial charge >= 0.3 is 0 Å². The molecule has 1 aliphatic heterocycles. The zero-order valence-electron chi connectivity index (χ0n) is 21.3. The Morgan fingerprint density at radius 2 is 1.76 bits per heavy atom. The number of rotatable bonds is 7. The molecule has 190 valence electrons. The van der Waals surface area contributed by atoms with E-state index in [1.165, 1.54) is 0 Å². The summed E-state index contributed by atoms with van der Waals surface area (Å²) in [5, 5.41) is 14.5. The molecule has 0 aromatic carbocycles. The van der Waals surface area contributed by atoms with Crippen molar-refractivity contribution in [3.05, 3.63) is 60.6 Å². The van der Waals surface area contributed by atoms with Gasteiger partial charge in [0, 0.05) is 49.9 Å². The number of aromatic nitrogens is 8. The zero-order valence-corrected chi connectivity index (χ0v) is 21.3. The lowest BCUT2D eigenvalue weighted by Crippen LogP contribution is -2.37. The van der Waals surface area contributed by atoms with E-state index < -0.39 is 0 Å². The van der Waals surface area contributed by atoms with Crippen molar-refractivity contribution in [3.8, 4) is 28.6 Å². The van der Waals surface area contributed by atoms with Crippen LogP contribution in [0.25, 0.3) is 34.2 Å². The fraction of sp³-hybridized carbons (Fsp3) is 0.346. The number of fused-ring (bicyclic) bond motifs is 1. The molecule has 6 heterocycles. The van der Waals surface area contributed by atoms with Crippen LogP contribution >= 0.6 is 0 Å². The van der Waals surface area contributed by atoms with Crippen LogP contribution in [0.3, 0.4) is 0 Å². The van der Waals surface area contributed by atoms with E-state index in [1.807, 2.05) is 51.8 Å². The molecule has 11 heteroatoms. The summed E-state index contributed by atoms with van der Waals surface area (Å²) in [4.78, 5) is 13.8. The first-order valence-corrected chi connectivity index (χ1v) is 12.5. The predicted octanol–water partition coefficient (Wildman–Crippen LogP) is 2.55. The minimum Gasteiger partial charge on any atom is -0.378 e. The van der Waals surface area contributed by atoms with Crippen molar-refractivity contribution in [2.24, 2.45) is 0 Å². The van der Waals surface area contributed by atoms with Gasteiger partial charge in [-0.3, -0.25) is 9.67 Å². The molecule has 0 unspecified atom stereocenters. The van der Waals surface area contributed by atoms with Crippen LogP contribution in [0.4, 0.5) is 5.82 Å². The molecule has 0 radical (unpaired) electrons. The summed E-state index contributed by atoms with van der Waals surface area (Å²) in [6, 6.07) is 13.9. The Morgan fingerprint density at radius 3 is 2.54 bits per heavy atom. The van der Waals surface area contributed by atoms with Gasteiger partial charge in [0.1, 0.15) is 22.9 Å². The lowest BCUT2D eigenvalue weighted by atomic mass is 10.3. The fourth-order valence-electron chi connectivity index (χ4n) is 4.46. The summed E-state index contributed by atoms with van der Waals surface area (Å²) >= 11 is 0. The molecule has 5 aromatic heterocycles. The van der Waals surface area contributed by atoms with Crippen LogP contribution in [0.15, 0.2) is 54.9 Å². The van der Waals surface area contributed by atoms with Crippen LogP contribution in [0.2, 0.25) is 0 Å². The monoisotopic (exact) mass is 498 g/mol. The molecule has 5 aromatic rings. The zero-order chi connectivity index (χ0) is 25.4. The Hall–Kier alpha value is -4.09. The van der Waals surface area contributed by atoms with Gasteiger partial charge in [-0.25, -0.2) is 9.67 Å². The maximum atomic E-state index is 5.60. The molecule has 6 rings (SSSR count). The summed E-state index contributed by atoms with van der Waals surface area (Å²) in [6.45, 7) is 6.74. The quantitative estimate of drug-likeness (QED) is 0.338. The van der Waals surface area contributed by atoms with E-state index in [4.69, 9.17) is 25.0 Å². The van der Waals surface area contributed by atoms with Crippen LogP contribution in [-0.4, -0.2) is 91.0 Å². The number of anilines is 1. The largest absolute Gasteiger partial charge is 0.378 e. The first kappa shape index (κ1) is 23.3. The van der Waals surface area contributed by atoms with Crippen molar-refractivity contribution < 1.29 is 4.74 Å². The van der Waals surface area contributed by atoms with E-state index in [9.17, 15) is 0 Å². The van der Waals surface area contributed by atoms with Gasteiger partial charge in [-0.05, 0) is 45.3 Å². The van der Waals surface area contributed by atoms with Gasteiger partial charge in [-0.15, -0.1) is 0 Å². The number of hydrogen-bond acceptors (Lipinski definition) is 8. The van der Waals surface area contributed by atoms with Crippen molar-refractivity contribution in [2.45, 2.75) is 13.5 Å². The number of pyridine rings is 1. The average molecular weight is 499 g/mol.